The van der Waals surface area contributed by atoms with Gasteiger partial charge in [0.1, 0.15) is 10.5 Å². The topological polar surface area (TPSA) is 66.4 Å². The van der Waals surface area contributed by atoms with Crippen molar-refractivity contribution < 1.29 is 4.79 Å². The molecular weight excluding hydrogens is 330 g/mol. The molecule has 0 aliphatic rings. The lowest BCUT2D eigenvalue weighted by molar-refractivity contribution is 0.0957. The minimum absolute atomic E-state index is 0.199. The molecule has 3 aromatic rings. The van der Waals surface area contributed by atoms with Gasteiger partial charge in [0.25, 0.3) is 11.5 Å². The summed E-state index contributed by atoms with van der Waals surface area (Å²) in [7, 11) is 0. The summed E-state index contributed by atoms with van der Waals surface area (Å²) in [5, 5.41) is 3.45. The van der Waals surface area contributed by atoms with Crippen LogP contribution in [-0.2, 0) is 0 Å². The van der Waals surface area contributed by atoms with E-state index < -0.39 is 0 Å². The quantitative estimate of drug-likeness (QED) is 0.711. The van der Waals surface area contributed by atoms with Crippen molar-refractivity contribution in [2.24, 2.45) is 5.92 Å². The average molecular weight is 347 g/mol. The largest absolute Gasteiger partial charge is 0.351 e. The van der Waals surface area contributed by atoms with Crippen molar-refractivity contribution in [2.45, 2.75) is 20.3 Å². The van der Waals surface area contributed by atoms with E-state index in [1.807, 2.05) is 12.1 Å². The highest BCUT2D eigenvalue weighted by molar-refractivity contribution is 7.73. The van der Waals surface area contributed by atoms with Crippen molar-refractivity contribution in [2.75, 3.05) is 6.54 Å². The minimum atomic E-state index is -0.218. The van der Waals surface area contributed by atoms with Gasteiger partial charge in [-0.25, -0.2) is 0 Å². The van der Waals surface area contributed by atoms with E-state index in [0.29, 0.717) is 37.8 Å². The van der Waals surface area contributed by atoms with Crippen molar-refractivity contribution in [3.63, 3.8) is 0 Å². The number of carbonyl (C=O) groups is 1. The highest BCUT2D eigenvalue weighted by Crippen LogP contribution is 2.22. The van der Waals surface area contributed by atoms with Crippen molar-refractivity contribution >= 4 is 46.0 Å². The van der Waals surface area contributed by atoms with Crippen LogP contribution in [0.15, 0.2) is 29.1 Å². The number of para-hydroxylation sites is 1. The Morgan fingerprint density at radius 1 is 1.39 bits per heavy atom. The summed E-state index contributed by atoms with van der Waals surface area (Å²) in [4.78, 5) is 27.9. The summed E-state index contributed by atoms with van der Waals surface area (Å²) in [5.74, 6) is 0.318. The van der Waals surface area contributed by atoms with E-state index in [-0.39, 0.29) is 11.5 Å². The second kappa shape index (κ2) is 6.25. The van der Waals surface area contributed by atoms with Crippen LogP contribution < -0.4 is 10.9 Å². The second-order valence-electron chi connectivity index (χ2n) is 5.79. The van der Waals surface area contributed by atoms with Gasteiger partial charge in [-0.1, -0.05) is 37.3 Å². The molecule has 2 N–H and O–H groups in total. The Hall–Kier alpha value is -1.99. The first kappa shape index (κ1) is 15.9. The molecule has 0 atom stereocenters. The number of rotatable bonds is 4. The van der Waals surface area contributed by atoms with Crippen molar-refractivity contribution in [3.05, 3.63) is 43.5 Å². The number of thiazole rings is 1. The number of benzene rings is 1. The molecule has 2 aromatic heterocycles. The Balaban J connectivity index is 2.11. The average Bonchev–Trinajstić information content (AvgIpc) is 2.84. The van der Waals surface area contributed by atoms with Gasteiger partial charge in [-0.15, -0.1) is 0 Å². The maximum absolute atomic E-state index is 12.4. The van der Waals surface area contributed by atoms with Crippen molar-refractivity contribution in [1.82, 2.24) is 14.7 Å². The molecule has 1 aromatic carbocycles. The molecule has 0 fully saturated rings. The van der Waals surface area contributed by atoms with Crippen LogP contribution in [-0.4, -0.2) is 21.8 Å². The number of hydrogen-bond donors (Lipinski definition) is 2. The molecular formula is C16H17N3O2S2. The zero-order chi connectivity index (χ0) is 16.6. The van der Waals surface area contributed by atoms with E-state index in [9.17, 15) is 9.59 Å². The third kappa shape index (κ3) is 2.94. The number of fused-ring (bicyclic) bond motifs is 3. The maximum atomic E-state index is 12.4. The van der Waals surface area contributed by atoms with Gasteiger partial charge < -0.3 is 10.3 Å². The molecule has 0 bridgehead atoms. The molecule has 0 aliphatic carbocycles. The Morgan fingerprint density at radius 2 is 2.13 bits per heavy atom. The molecule has 120 valence electrons. The van der Waals surface area contributed by atoms with E-state index in [4.69, 9.17) is 12.2 Å². The van der Waals surface area contributed by atoms with Gasteiger partial charge in [0.15, 0.2) is 3.95 Å². The summed E-state index contributed by atoms with van der Waals surface area (Å²) in [6.07, 6.45) is 0.905. The van der Waals surface area contributed by atoms with Gasteiger partial charge in [-0.05, 0) is 36.7 Å². The molecule has 0 spiro atoms. The number of amides is 1. The minimum Gasteiger partial charge on any atom is -0.351 e. The molecule has 5 nitrogen and oxygen atoms in total. The van der Waals surface area contributed by atoms with Crippen LogP contribution in [0.2, 0.25) is 0 Å². The molecule has 0 saturated heterocycles. The van der Waals surface area contributed by atoms with Gasteiger partial charge >= 0.3 is 0 Å². The standard InChI is InChI=1S/C16H17N3O2S2/c1-9(2)7-8-17-15(21)12-13-18-14(20)10-5-3-4-6-11(10)19(13)16(22)23-12/h3-6,9H,7-8H2,1-2H3,(H,17,21)(H,18,20). The first-order valence-electron chi connectivity index (χ1n) is 7.44. The van der Waals surface area contributed by atoms with Gasteiger partial charge in [0, 0.05) is 6.54 Å². The number of nitrogens with one attached hydrogen (secondary N) is 2. The van der Waals surface area contributed by atoms with Crippen LogP contribution in [0.3, 0.4) is 0 Å². The summed E-state index contributed by atoms with van der Waals surface area (Å²) in [5.41, 5.74) is 0.962. The van der Waals surface area contributed by atoms with Gasteiger partial charge in [-0.2, -0.15) is 0 Å². The molecule has 0 radical (unpaired) electrons. The highest BCUT2D eigenvalue weighted by atomic mass is 32.1. The summed E-state index contributed by atoms with van der Waals surface area (Å²) in [6, 6.07) is 7.23. The second-order valence-corrected chi connectivity index (χ2v) is 7.43. The van der Waals surface area contributed by atoms with E-state index in [1.54, 1.807) is 16.5 Å². The third-order valence-electron chi connectivity index (χ3n) is 3.65. The van der Waals surface area contributed by atoms with Crippen molar-refractivity contribution in [3.8, 4) is 0 Å². The normalized spacial score (nSPS) is 11.4. The summed E-state index contributed by atoms with van der Waals surface area (Å²) < 4.78 is 2.30. The van der Waals surface area contributed by atoms with Crippen LogP contribution in [0, 0.1) is 9.87 Å². The summed E-state index contributed by atoms with van der Waals surface area (Å²) >= 11 is 6.61. The molecule has 0 aliphatic heterocycles. The van der Waals surface area contributed by atoms with E-state index in [0.717, 1.165) is 6.42 Å². The fourth-order valence-corrected chi connectivity index (χ4v) is 3.75. The molecule has 1 amide bonds. The highest BCUT2D eigenvalue weighted by Gasteiger charge is 2.17. The smallest absolute Gasteiger partial charge is 0.265 e. The van der Waals surface area contributed by atoms with Crippen molar-refractivity contribution in [1.29, 1.82) is 0 Å². The number of aromatic amines is 1. The Kier molecular flexibility index (Phi) is 4.32. The Morgan fingerprint density at radius 3 is 2.87 bits per heavy atom. The Bertz CT molecular complexity index is 998. The maximum Gasteiger partial charge on any atom is 0.265 e. The lowest BCUT2D eigenvalue weighted by atomic mass is 10.1. The van der Waals surface area contributed by atoms with Gasteiger partial charge in [0.05, 0.1) is 10.9 Å². The number of hydrogen-bond acceptors (Lipinski definition) is 4. The fourth-order valence-electron chi connectivity index (χ4n) is 2.45. The number of H-pyrrole nitrogens is 1. The molecule has 0 unspecified atom stereocenters. The van der Waals surface area contributed by atoms with E-state index in [1.165, 1.54) is 11.3 Å². The van der Waals surface area contributed by atoms with E-state index >= 15 is 0 Å². The molecule has 0 saturated carbocycles. The fraction of sp³-hybridized carbons (Fsp3) is 0.312. The van der Waals surface area contributed by atoms with Crippen LogP contribution in [0.4, 0.5) is 0 Å². The molecule has 23 heavy (non-hydrogen) atoms. The monoisotopic (exact) mass is 347 g/mol. The van der Waals surface area contributed by atoms with Crippen LogP contribution in [0.5, 0.6) is 0 Å². The number of carbonyl (C=O) groups excluding carboxylic acids is 1. The van der Waals surface area contributed by atoms with Gasteiger partial charge in [0.2, 0.25) is 0 Å². The van der Waals surface area contributed by atoms with E-state index in [2.05, 4.69) is 24.1 Å². The van der Waals surface area contributed by atoms with Crippen LogP contribution >= 0.6 is 23.6 Å². The Labute approximate surface area is 142 Å². The summed E-state index contributed by atoms with van der Waals surface area (Å²) in [6.45, 7) is 4.81. The molecule has 3 rings (SSSR count). The van der Waals surface area contributed by atoms with Crippen LogP contribution in [0.1, 0.15) is 29.9 Å². The lowest BCUT2D eigenvalue weighted by Crippen LogP contribution is -2.25. The first-order valence-corrected chi connectivity index (χ1v) is 8.66. The first-order chi connectivity index (χ1) is 11.0. The number of nitrogens with zero attached hydrogens (tertiary/aromatic N) is 1. The predicted octanol–water partition coefficient (Wildman–Crippen LogP) is 3.35. The van der Waals surface area contributed by atoms with Crippen LogP contribution in [0.25, 0.3) is 16.6 Å². The zero-order valence-electron chi connectivity index (χ0n) is 12.9. The SMILES string of the molecule is CC(C)CCNC(=O)c1sc(=S)n2c1[nH]c(=O)c1ccccc12. The number of aromatic nitrogens is 2. The molecule has 7 heteroatoms. The predicted molar refractivity (Wildman–Crippen MR) is 96.0 cm³/mol. The van der Waals surface area contributed by atoms with Gasteiger partial charge in [-0.3, -0.25) is 14.0 Å². The molecule has 2 heterocycles. The lowest BCUT2D eigenvalue weighted by Gasteiger charge is -2.06. The zero-order valence-corrected chi connectivity index (χ0v) is 14.5. The third-order valence-corrected chi connectivity index (χ3v) is 5.02.